The Labute approximate surface area is 82.0 Å². The summed E-state index contributed by atoms with van der Waals surface area (Å²) < 4.78 is 38.1. The lowest BCUT2D eigenvalue weighted by atomic mass is 10.1. The molecule has 1 nitrogen and oxygen atoms in total. The molecule has 0 saturated heterocycles. The van der Waals surface area contributed by atoms with Crippen LogP contribution in [0.2, 0.25) is 0 Å². The predicted octanol–water partition coefficient (Wildman–Crippen LogP) is 3.56. The van der Waals surface area contributed by atoms with Crippen molar-refractivity contribution in [2.75, 3.05) is 5.73 Å². The van der Waals surface area contributed by atoms with Crippen LogP contribution in [-0.4, -0.2) is 0 Å². The van der Waals surface area contributed by atoms with E-state index in [0.29, 0.717) is 15.1 Å². The zero-order chi connectivity index (χ0) is 10.3. The van der Waals surface area contributed by atoms with Crippen LogP contribution >= 0.6 is 11.3 Å². The summed E-state index contributed by atoms with van der Waals surface area (Å²) in [5.74, 6) is -0.639. The van der Waals surface area contributed by atoms with Gasteiger partial charge in [-0.2, -0.15) is 0 Å². The maximum Gasteiger partial charge on any atom is 0.263 e. The topological polar surface area (TPSA) is 26.0 Å². The van der Waals surface area contributed by atoms with Gasteiger partial charge in [-0.05, 0) is 23.6 Å². The third kappa shape index (κ3) is 1.43. The van der Waals surface area contributed by atoms with Crippen molar-refractivity contribution in [3.63, 3.8) is 0 Å². The van der Waals surface area contributed by atoms with E-state index in [4.69, 9.17) is 5.73 Å². The quantitative estimate of drug-likeness (QED) is 0.776. The molecule has 0 fully saturated rings. The second-order valence-electron chi connectivity index (χ2n) is 2.87. The van der Waals surface area contributed by atoms with Gasteiger partial charge in [0.2, 0.25) is 0 Å². The first-order chi connectivity index (χ1) is 6.58. The summed E-state index contributed by atoms with van der Waals surface area (Å²) in [6.07, 6.45) is -2.66. The summed E-state index contributed by atoms with van der Waals surface area (Å²) in [4.78, 5) is 0. The number of alkyl halides is 2. The molecule has 1 aromatic carbocycles. The van der Waals surface area contributed by atoms with Crippen LogP contribution in [0.5, 0.6) is 0 Å². The Hall–Kier alpha value is -1.23. The number of anilines is 1. The third-order valence-electron chi connectivity index (χ3n) is 1.86. The van der Waals surface area contributed by atoms with Gasteiger partial charge in [-0.3, -0.25) is 0 Å². The Morgan fingerprint density at radius 3 is 2.57 bits per heavy atom. The molecular formula is C9H6F3NS. The van der Waals surface area contributed by atoms with E-state index in [-0.39, 0.29) is 5.56 Å². The fraction of sp³-hybridized carbons (Fsp3) is 0.111. The van der Waals surface area contributed by atoms with Crippen LogP contribution in [0.4, 0.5) is 18.2 Å². The van der Waals surface area contributed by atoms with Gasteiger partial charge in [-0.15, -0.1) is 11.3 Å². The van der Waals surface area contributed by atoms with Gasteiger partial charge in [0.15, 0.2) is 0 Å². The van der Waals surface area contributed by atoms with Crippen molar-refractivity contribution in [2.45, 2.75) is 6.43 Å². The molecule has 0 aliphatic heterocycles. The highest BCUT2D eigenvalue weighted by molar-refractivity contribution is 7.22. The molecule has 0 aliphatic rings. The molecule has 2 rings (SSSR count). The number of halogens is 3. The van der Waals surface area contributed by atoms with Crippen molar-refractivity contribution in [3.8, 4) is 0 Å². The average molecular weight is 217 g/mol. The summed E-state index contributed by atoms with van der Waals surface area (Å²) in [6.45, 7) is 0. The van der Waals surface area contributed by atoms with Crippen molar-refractivity contribution in [3.05, 3.63) is 29.6 Å². The van der Waals surface area contributed by atoms with Crippen LogP contribution in [0.15, 0.2) is 18.2 Å². The minimum atomic E-state index is -2.66. The highest BCUT2D eigenvalue weighted by atomic mass is 32.1. The number of thiophene rings is 1. The minimum Gasteiger partial charge on any atom is -0.391 e. The number of hydrogen-bond donors (Lipinski definition) is 1. The number of benzene rings is 1. The molecule has 0 unspecified atom stereocenters. The van der Waals surface area contributed by atoms with Gasteiger partial charge in [-0.25, -0.2) is 13.2 Å². The fourth-order valence-corrected chi connectivity index (χ4v) is 2.09. The second kappa shape index (κ2) is 3.16. The van der Waals surface area contributed by atoms with Gasteiger partial charge in [0.05, 0.1) is 9.70 Å². The van der Waals surface area contributed by atoms with E-state index in [2.05, 4.69) is 0 Å². The largest absolute Gasteiger partial charge is 0.391 e. The molecule has 0 bridgehead atoms. The van der Waals surface area contributed by atoms with E-state index >= 15 is 0 Å². The van der Waals surface area contributed by atoms with Gasteiger partial charge < -0.3 is 5.73 Å². The molecule has 0 aliphatic carbocycles. The Kier molecular flexibility index (Phi) is 2.11. The third-order valence-corrected chi connectivity index (χ3v) is 2.85. The Morgan fingerprint density at radius 2 is 1.93 bits per heavy atom. The number of fused-ring (bicyclic) bond motifs is 1. The van der Waals surface area contributed by atoms with Crippen LogP contribution < -0.4 is 5.73 Å². The fourth-order valence-electron chi connectivity index (χ4n) is 1.28. The van der Waals surface area contributed by atoms with Crippen LogP contribution in [0, 0.1) is 5.82 Å². The molecule has 14 heavy (non-hydrogen) atoms. The van der Waals surface area contributed by atoms with Gasteiger partial charge >= 0.3 is 0 Å². The van der Waals surface area contributed by atoms with Gasteiger partial charge in [0, 0.05) is 5.56 Å². The maximum absolute atomic E-state index is 13.2. The number of nitrogen functional groups attached to an aromatic ring is 1. The molecule has 0 spiro atoms. The molecule has 74 valence electrons. The van der Waals surface area contributed by atoms with Gasteiger partial charge in [0.25, 0.3) is 6.43 Å². The molecule has 0 radical (unpaired) electrons. The number of hydrogen-bond acceptors (Lipinski definition) is 2. The van der Waals surface area contributed by atoms with Crippen LogP contribution in [0.25, 0.3) is 10.1 Å². The lowest BCUT2D eigenvalue weighted by Crippen LogP contribution is -1.85. The molecule has 5 heteroatoms. The lowest BCUT2D eigenvalue weighted by Gasteiger charge is -1.99. The molecule has 1 heterocycles. The summed E-state index contributed by atoms with van der Waals surface area (Å²) in [7, 11) is 0. The predicted molar refractivity (Wildman–Crippen MR) is 51.2 cm³/mol. The van der Waals surface area contributed by atoms with E-state index in [0.717, 1.165) is 17.4 Å². The Balaban J connectivity index is 2.71. The zero-order valence-electron chi connectivity index (χ0n) is 6.93. The molecule has 0 atom stereocenters. The molecular weight excluding hydrogens is 211 g/mol. The molecule has 1 aromatic heterocycles. The summed E-state index contributed by atoms with van der Waals surface area (Å²) in [5.41, 5.74) is 5.14. The maximum atomic E-state index is 13.2. The number of rotatable bonds is 1. The van der Waals surface area contributed by atoms with Crippen LogP contribution in [0.1, 0.15) is 12.0 Å². The second-order valence-corrected chi connectivity index (χ2v) is 3.95. The van der Waals surface area contributed by atoms with E-state index in [1.54, 1.807) is 0 Å². The van der Waals surface area contributed by atoms with Crippen molar-refractivity contribution in [1.82, 2.24) is 0 Å². The smallest absolute Gasteiger partial charge is 0.263 e. The van der Waals surface area contributed by atoms with Crippen LogP contribution in [-0.2, 0) is 0 Å². The number of nitrogens with two attached hydrogens (primary N) is 1. The highest BCUT2D eigenvalue weighted by Gasteiger charge is 2.12. The molecule has 2 N–H and O–H groups in total. The zero-order valence-corrected chi connectivity index (χ0v) is 7.75. The molecule has 0 saturated carbocycles. The van der Waals surface area contributed by atoms with Gasteiger partial charge in [0.1, 0.15) is 5.82 Å². The normalized spacial score (nSPS) is 11.4. The first-order valence-electron chi connectivity index (χ1n) is 3.84. The van der Waals surface area contributed by atoms with E-state index < -0.39 is 12.2 Å². The average Bonchev–Trinajstić information content (AvgIpc) is 2.45. The monoisotopic (exact) mass is 217 g/mol. The Morgan fingerprint density at radius 1 is 1.21 bits per heavy atom. The first-order valence-corrected chi connectivity index (χ1v) is 4.66. The molecule has 2 aromatic rings. The Bertz CT molecular complexity index is 478. The SMILES string of the molecule is Nc1cc2cc(C(F)F)cc(F)c2s1. The van der Waals surface area contributed by atoms with E-state index in [1.807, 2.05) is 0 Å². The minimum absolute atomic E-state index is 0.312. The summed E-state index contributed by atoms with van der Waals surface area (Å²) >= 11 is 1.06. The van der Waals surface area contributed by atoms with Crippen molar-refractivity contribution in [1.29, 1.82) is 0 Å². The molecule has 0 amide bonds. The van der Waals surface area contributed by atoms with E-state index in [9.17, 15) is 13.2 Å². The lowest BCUT2D eigenvalue weighted by molar-refractivity contribution is 0.151. The summed E-state index contributed by atoms with van der Waals surface area (Å²) in [6, 6.07) is 3.60. The highest BCUT2D eigenvalue weighted by Crippen LogP contribution is 2.33. The van der Waals surface area contributed by atoms with Crippen molar-refractivity contribution < 1.29 is 13.2 Å². The van der Waals surface area contributed by atoms with Crippen molar-refractivity contribution >= 4 is 26.4 Å². The van der Waals surface area contributed by atoms with Crippen LogP contribution in [0.3, 0.4) is 0 Å². The first kappa shape index (κ1) is 9.33. The van der Waals surface area contributed by atoms with Gasteiger partial charge in [-0.1, -0.05) is 0 Å². The van der Waals surface area contributed by atoms with E-state index in [1.165, 1.54) is 12.1 Å². The standard InChI is InChI=1S/C9H6F3NS/c10-6-2-5(9(11)12)1-4-3-7(13)14-8(4)6/h1-3,9H,13H2. The summed E-state index contributed by atoms with van der Waals surface area (Å²) in [5, 5.41) is 0.855. The van der Waals surface area contributed by atoms with Crippen molar-refractivity contribution in [2.24, 2.45) is 0 Å².